The van der Waals surface area contributed by atoms with Crippen LogP contribution in [0.1, 0.15) is 56.4 Å². The number of ether oxygens (including phenoxy) is 3. The number of aromatic amines is 1. The first-order valence-electron chi connectivity index (χ1n) is 17.2. The first-order chi connectivity index (χ1) is 24.3. The molecule has 278 valence electrons. The Morgan fingerprint density at radius 2 is 1.42 bits per heavy atom. The van der Waals surface area contributed by atoms with E-state index in [4.69, 9.17) is 14.2 Å². The number of benzene rings is 3. The predicted octanol–water partition coefficient (Wildman–Crippen LogP) is 5.14. The molecule has 0 saturated carbocycles. The fourth-order valence-corrected chi connectivity index (χ4v) is 10.6. The number of H-pyrrole nitrogens is 1. The molecule has 1 saturated heterocycles. The van der Waals surface area contributed by atoms with Gasteiger partial charge < -0.3 is 24.4 Å². The molecular weight excluding hydrogens is 683 g/mol. The quantitative estimate of drug-likeness (QED) is 0.0819. The molecule has 1 fully saturated rings. The van der Waals surface area contributed by atoms with Crippen LogP contribution >= 0.6 is 0 Å². The van der Waals surface area contributed by atoms with E-state index in [0.717, 1.165) is 4.57 Å². The van der Waals surface area contributed by atoms with Crippen molar-refractivity contribution in [3.8, 4) is 11.5 Å². The fourth-order valence-electron chi connectivity index (χ4n) is 7.65. The topological polar surface area (TPSA) is 166 Å². The lowest BCUT2D eigenvalue weighted by Crippen LogP contribution is -2.68. The van der Waals surface area contributed by atoms with Gasteiger partial charge in [0.15, 0.2) is 0 Å². The van der Waals surface area contributed by atoms with Gasteiger partial charge in [-0.3, -0.25) is 24.5 Å². The van der Waals surface area contributed by atoms with Gasteiger partial charge >= 0.3 is 5.69 Å². The summed E-state index contributed by atoms with van der Waals surface area (Å²) in [7, 11) is -0.0455. The van der Waals surface area contributed by atoms with E-state index in [0.29, 0.717) is 28.2 Å². The minimum atomic E-state index is -3.16. The van der Waals surface area contributed by atoms with Crippen molar-refractivity contribution < 1.29 is 29.3 Å². The first kappa shape index (κ1) is 38.7. The molecule has 1 aliphatic rings. The number of hydrogen-bond acceptors (Lipinski definition) is 9. The average molecular weight is 732 g/mol. The number of aromatic nitrogens is 2. The third-order valence-corrected chi connectivity index (χ3v) is 18.2. The van der Waals surface area contributed by atoms with Gasteiger partial charge in [0.1, 0.15) is 23.7 Å². The number of hydrogen-bond donors (Lipinski definition) is 3. The summed E-state index contributed by atoms with van der Waals surface area (Å²) in [6.45, 7) is 12.7. The molecule has 52 heavy (non-hydrogen) atoms. The van der Waals surface area contributed by atoms with Gasteiger partial charge in [-0.25, -0.2) is 4.79 Å². The number of methoxy groups -OCH3 is 2. The Hall–Kier alpha value is -4.56. The molecule has 1 aliphatic heterocycles. The number of aryl methyl sites for hydroxylation is 1. The normalized spacial score (nSPS) is 22.1. The summed E-state index contributed by atoms with van der Waals surface area (Å²) in [6.07, 6.45) is -2.32. The van der Waals surface area contributed by atoms with Crippen molar-refractivity contribution in [1.82, 2.24) is 9.55 Å². The van der Waals surface area contributed by atoms with E-state index >= 15 is 0 Å². The van der Waals surface area contributed by atoms with Crippen molar-refractivity contribution in [2.24, 2.45) is 0 Å². The SMILES string of the molecule is COc1ccc(C(c2ccccc2)(c2ccc(OC)cc2)C(O)[C@H]2O[C@@](C(C)[N+](=O)[O-])(n3cc(C)c(=O)[nH]c3=O)C[C@@]2(O)[Si](C)(C)C(C)(C)C)cc1. The zero-order valence-electron chi connectivity index (χ0n) is 31.2. The third kappa shape index (κ3) is 5.99. The molecule has 5 atom stereocenters. The summed E-state index contributed by atoms with van der Waals surface area (Å²) in [5, 5.41) is 37.4. The van der Waals surface area contributed by atoms with Gasteiger partial charge in [0.05, 0.1) is 32.9 Å². The van der Waals surface area contributed by atoms with Gasteiger partial charge in [0.25, 0.3) is 11.6 Å². The van der Waals surface area contributed by atoms with E-state index in [9.17, 15) is 29.9 Å². The summed E-state index contributed by atoms with van der Waals surface area (Å²) in [4.78, 5) is 40.8. The highest BCUT2D eigenvalue weighted by molar-refractivity contribution is 6.83. The molecule has 2 heterocycles. The highest BCUT2D eigenvalue weighted by Gasteiger charge is 2.72. The van der Waals surface area contributed by atoms with Crippen molar-refractivity contribution in [1.29, 1.82) is 0 Å². The second-order valence-electron chi connectivity index (χ2n) is 15.3. The number of nitrogens with zero attached hydrogens (tertiary/aromatic N) is 2. The third-order valence-electron chi connectivity index (χ3n) is 11.8. The van der Waals surface area contributed by atoms with E-state index < -0.39 is 70.3 Å². The van der Waals surface area contributed by atoms with Crippen molar-refractivity contribution in [3.63, 3.8) is 0 Å². The lowest BCUT2D eigenvalue weighted by Gasteiger charge is -2.52. The number of nitrogens with one attached hydrogen (secondary N) is 1. The smallest absolute Gasteiger partial charge is 0.330 e. The summed E-state index contributed by atoms with van der Waals surface area (Å²) < 4.78 is 18.9. The maximum atomic E-state index is 13.7. The highest BCUT2D eigenvalue weighted by atomic mass is 28.3. The van der Waals surface area contributed by atoms with Gasteiger partial charge in [-0.1, -0.05) is 88.5 Å². The monoisotopic (exact) mass is 731 g/mol. The Balaban J connectivity index is 1.93. The van der Waals surface area contributed by atoms with E-state index in [2.05, 4.69) is 4.98 Å². The van der Waals surface area contributed by atoms with E-state index in [1.54, 1.807) is 38.5 Å². The molecule has 0 bridgehead atoms. The van der Waals surface area contributed by atoms with Gasteiger partial charge in [0, 0.05) is 30.0 Å². The molecule has 0 aliphatic carbocycles. The van der Waals surface area contributed by atoms with Crippen molar-refractivity contribution >= 4 is 8.07 Å². The van der Waals surface area contributed by atoms with E-state index in [-0.39, 0.29) is 5.56 Å². The molecule has 3 aromatic carbocycles. The van der Waals surface area contributed by atoms with Crippen LogP contribution in [0.3, 0.4) is 0 Å². The van der Waals surface area contributed by atoms with Crippen LogP contribution < -0.4 is 20.7 Å². The standard InChI is InChI=1S/C39H49N3O9Si/c1-25-23-41(35(45)40-34(25)44)37(26(2)42(47)48)24-38(46,52(8,9)36(3,4)5)33(51-37)32(43)39(27-13-11-10-12-14-27,28-15-19-30(49-6)20-16-28)29-17-21-31(50-7)22-18-29/h10-23,26,32-33,43,46H,24H2,1-9H3,(H,40,44,45)/t26?,32?,33-,37+,38-/m1/s1. The molecule has 0 radical (unpaired) electrons. The van der Waals surface area contributed by atoms with Crippen molar-refractivity contribution in [3.05, 3.63) is 138 Å². The summed E-state index contributed by atoms with van der Waals surface area (Å²) >= 11 is 0. The molecule has 3 N–H and O–H groups in total. The Morgan fingerprint density at radius 3 is 1.87 bits per heavy atom. The van der Waals surface area contributed by atoms with Crippen LogP contribution in [0.2, 0.25) is 18.1 Å². The second-order valence-corrected chi connectivity index (χ2v) is 21.0. The fraction of sp³-hybridized carbons (Fsp3) is 0.436. The van der Waals surface area contributed by atoms with Crippen LogP contribution in [0, 0.1) is 17.0 Å². The largest absolute Gasteiger partial charge is 0.497 e. The van der Waals surface area contributed by atoms with Crippen molar-refractivity contribution in [2.75, 3.05) is 14.2 Å². The molecular formula is C39H49N3O9Si. The minimum absolute atomic E-state index is 0.119. The summed E-state index contributed by atoms with van der Waals surface area (Å²) in [5.41, 5.74) is -3.18. The Morgan fingerprint density at radius 1 is 0.942 bits per heavy atom. The maximum absolute atomic E-state index is 13.7. The molecule has 1 aromatic heterocycles. The van der Waals surface area contributed by atoms with E-state index in [1.165, 1.54) is 20.0 Å². The molecule has 0 amide bonds. The van der Waals surface area contributed by atoms with Gasteiger partial charge in [0.2, 0.25) is 5.72 Å². The Labute approximate surface area is 304 Å². The van der Waals surface area contributed by atoms with Crippen LogP contribution in [0.4, 0.5) is 0 Å². The number of aliphatic hydroxyl groups excluding tert-OH is 1. The Kier molecular flexibility index (Phi) is 10.2. The van der Waals surface area contributed by atoms with Crippen molar-refractivity contribution in [2.45, 2.75) is 93.8 Å². The maximum Gasteiger partial charge on any atom is 0.330 e. The van der Waals surface area contributed by atoms with E-state index in [1.807, 2.05) is 88.5 Å². The van der Waals surface area contributed by atoms with Crippen LogP contribution in [0.5, 0.6) is 11.5 Å². The molecule has 13 heteroatoms. The average Bonchev–Trinajstić information content (AvgIpc) is 3.45. The van der Waals surface area contributed by atoms with Crippen LogP contribution in [0.25, 0.3) is 0 Å². The van der Waals surface area contributed by atoms with Gasteiger partial charge in [-0.2, -0.15) is 0 Å². The lowest BCUT2D eigenvalue weighted by atomic mass is 9.64. The molecule has 12 nitrogen and oxygen atoms in total. The number of nitro groups is 1. The zero-order valence-corrected chi connectivity index (χ0v) is 32.2. The minimum Gasteiger partial charge on any atom is -0.497 e. The molecule has 4 aromatic rings. The first-order valence-corrected chi connectivity index (χ1v) is 20.2. The van der Waals surface area contributed by atoms with Gasteiger partial charge in [-0.15, -0.1) is 0 Å². The zero-order chi connectivity index (χ0) is 38.4. The number of aliphatic hydroxyl groups is 2. The van der Waals surface area contributed by atoms with Crippen LogP contribution in [-0.2, 0) is 15.9 Å². The second kappa shape index (κ2) is 13.8. The molecule has 5 rings (SSSR count). The predicted molar refractivity (Wildman–Crippen MR) is 200 cm³/mol. The summed E-state index contributed by atoms with van der Waals surface area (Å²) in [5.74, 6) is 1.16. The number of rotatable bonds is 11. The van der Waals surface area contributed by atoms with Gasteiger partial charge in [-0.05, 0) is 52.9 Å². The van der Waals surface area contributed by atoms with Crippen LogP contribution in [0.15, 0.2) is 94.6 Å². The highest BCUT2D eigenvalue weighted by Crippen LogP contribution is 2.58. The molecule has 0 spiro atoms. The Bertz CT molecular complexity index is 1980. The molecule has 2 unspecified atom stereocenters. The summed E-state index contributed by atoms with van der Waals surface area (Å²) in [6, 6.07) is 22.1. The lowest BCUT2D eigenvalue weighted by molar-refractivity contribution is -0.551. The van der Waals surface area contributed by atoms with Crippen LogP contribution in [-0.4, -0.2) is 70.5 Å².